The first-order chi connectivity index (χ1) is 12.2. The number of nitrogens with zero attached hydrogens (tertiary/aromatic N) is 7. The van der Waals surface area contributed by atoms with Crippen LogP contribution in [0.4, 0.5) is 11.8 Å². The smallest absolute Gasteiger partial charge is 0.224 e. The van der Waals surface area contributed by atoms with Crippen molar-refractivity contribution in [2.24, 2.45) is 5.92 Å². The molecule has 0 bridgehead atoms. The molecule has 25 heavy (non-hydrogen) atoms. The number of hydrogen-bond donors (Lipinski definition) is 2. The van der Waals surface area contributed by atoms with Gasteiger partial charge < -0.3 is 10.6 Å². The van der Waals surface area contributed by atoms with Gasteiger partial charge in [-0.25, -0.2) is 0 Å². The number of hydrogen-bond acceptors (Lipinski definition) is 7. The molecule has 3 N–H and O–H groups in total. The number of anilines is 2. The van der Waals surface area contributed by atoms with Gasteiger partial charge in [0.25, 0.3) is 0 Å². The molecule has 1 fully saturated rings. The van der Waals surface area contributed by atoms with Gasteiger partial charge in [-0.1, -0.05) is 18.6 Å². The first kappa shape index (κ1) is 15.8. The average Bonchev–Trinajstić information content (AvgIpc) is 3.24. The SMILES string of the molecule is CCCc1cn(CC2CCCN(c3nc(N)nc4[nH]ncc34)C2)nn1. The van der Waals surface area contributed by atoms with Crippen LogP contribution in [0.2, 0.25) is 0 Å². The Kier molecular flexibility index (Phi) is 4.21. The largest absolute Gasteiger partial charge is 0.368 e. The van der Waals surface area contributed by atoms with Crippen LogP contribution in [0.25, 0.3) is 11.0 Å². The van der Waals surface area contributed by atoms with Crippen molar-refractivity contribution in [1.29, 1.82) is 0 Å². The minimum atomic E-state index is 0.273. The van der Waals surface area contributed by atoms with Gasteiger partial charge in [0.05, 0.1) is 17.3 Å². The number of aromatic amines is 1. The third-order valence-electron chi connectivity index (χ3n) is 4.66. The van der Waals surface area contributed by atoms with Crippen molar-refractivity contribution < 1.29 is 0 Å². The minimum Gasteiger partial charge on any atom is -0.368 e. The second-order valence-corrected chi connectivity index (χ2v) is 6.67. The van der Waals surface area contributed by atoms with E-state index in [1.807, 2.05) is 4.68 Å². The maximum absolute atomic E-state index is 5.86. The third-order valence-corrected chi connectivity index (χ3v) is 4.66. The summed E-state index contributed by atoms with van der Waals surface area (Å²) in [6, 6.07) is 0. The molecule has 0 amide bonds. The fourth-order valence-electron chi connectivity index (χ4n) is 3.55. The van der Waals surface area contributed by atoms with Crippen LogP contribution in [0.1, 0.15) is 31.9 Å². The molecule has 1 aliphatic heterocycles. The van der Waals surface area contributed by atoms with Crippen molar-refractivity contribution in [3.05, 3.63) is 18.1 Å². The molecule has 0 aromatic carbocycles. The van der Waals surface area contributed by atoms with Crippen LogP contribution in [0.5, 0.6) is 0 Å². The number of fused-ring (bicyclic) bond motifs is 1. The standard InChI is InChI=1S/C16H23N9/c1-2-4-12-10-25(23-21-12)9-11-5-3-6-24(8-11)15-13-7-18-22-14(13)19-16(17)20-15/h7,10-11H,2-6,8-9H2,1H3,(H3,17,18,19,20,22). The second kappa shape index (κ2) is 6.66. The zero-order valence-electron chi connectivity index (χ0n) is 14.4. The van der Waals surface area contributed by atoms with Gasteiger partial charge in [-0.2, -0.15) is 15.1 Å². The molecule has 4 rings (SSSR count). The van der Waals surface area contributed by atoms with Crippen LogP contribution < -0.4 is 10.6 Å². The Bertz CT molecular complexity index is 852. The quantitative estimate of drug-likeness (QED) is 0.720. The summed E-state index contributed by atoms with van der Waals surface area (Å²) in [4.78, 5) is 10.9. The van der Waals surface area contributed by atoms with E-state index in [1.165, 1.54) is 6.42 Å². The monoisotopic (exact) mass is 341 g/mol. The minimum absolute atomic E-state index is 0.273. The molecule has 0 aliphatic carbocycles. The molecular weight excluding hydrogens is 318 g/mol. The molecule has 1 saturated heterocycles. The van der Waals surface area contributed by atoms with Crippen molar-refractivity contribution in [3.63, 3.8) is 0 Å². The van der Waals surface area contributed by atoms with Crippen LogP contribution in [-0.4, -0.2) is 48.2 Å². The van der Waals surface area contributed by atoms with Crippen molar-refractivity contribution in [1.82, 2.24) is 35.2 Å². The zero-order chi connectivity index (χ0) is 17.2. The maximum Gasteiger partial charge on any atom is 0.224 e. The molecule has 9 heteroatoms. The highest BCUT2D eigenvalue weighted by molar-refractivity contribution is 5.87. The molecule has 1 aliphatic rings. The van der Waals surface area contributed by atoms with E-state index in [-0.39, 0.29) is 5.95 Å². The number of nitrogens with one attached hydrogen (secondary N) is 1. The summed E-state index contributed by atoms with van der Waals surface area (Å²) in [7, 11) is 0. The highest BCUT2D eigenvalue weighted by atomic mass is 15.4. The lowest BCUT2D eigenvalue weighted by molar-refractivity contribution is 0.347. The van der Waals surface area contributed by atoms with Gasteiger partial charge in [0.2, 0.25) is 5.95 Å². The number of rotatable bonds is 5. The zero-order valence-corrected chi connectivity index (χ0v) is 14.4. The number of piperidine rings is 1. The summed E-state index contributed by atoms with van der Waals surface area (Å²) in [5.41, 5.74) is 7.61. The van der Waals surface area contributed by atoms with Crippen molar-refractivity contribution >= 4 is 22.8 Å². The molecule has 9 nitrogen and oxygen atoms in total. The summed E-state index contributed by atoms with van der Waals surface area (Å²) in [6.45, 7) is 4.91. The molecular formula is C16H23N9. The number of H-pyrrole nitrogens is 1. The van der Waals surface area contributed by atoms with E-state index in [2.05, 4.69) is 48.5 Å². The van der Waals surface area contributed by atoms with Gasteiger partial charge in [-0.3, -0.25) is 9.78 Å². The first-order valence-electron chi connectivity index (χ1n) is 8.83. The predicted octanol–water partition coefficient (Wildman–Crippen LogP) is 1.40. The molecule has 4 heterocycles. The lowest BCUT2D eigenvalue weighted by Crippen LogP contribution is -2.38. The Balaban J connectivity index is 1.51. The Morgan fingerprint density at radius 2 is 2.28 bits per heavy atom. The number of nitrogens with two attached hydrogens (primary N) is 1. The van der Waals surface area contributed by atoms with Gasteiger partial charge in [0.15, 0.2) is 5.65 Å². The third kappa shape index (κ3) is 3.26. The number of nitrogen functional groups attached to an aromatic ring is 1. The highest BCUT2D eigenvalue weighted by Crippen LogP contribution is 2.28. The fraction of sp³-hybridized carbons (Fsp3) is 0.562. The topological polar surface area (TPSA) is 114 Å². The van der Waals surface area contributed by atoms with E-state index in [0.29, 0.717) is 11.6 Å². The highest BCUT2D eigenvalue weighted by Gasteiger charge is 2.24. The molecule has 3 aromatic heterocycles. The molecule has 1 unspecified atom stereocenters. The average molecular weight is 341 g/mol. The Morgan fingerprint density at radius 3 is 3.16 bits per heavy atom. The Morgan fingerprint density at radius 1 is 1.36 bits per heavy atom. The van der Waals surface area contributed by atoms with Gasteiger partial charge in [0, 0.05) is 25.8 Å². The van der Waals surface area contributed by atoms with Gasteiger partial charge in [0.1, 0.15) is 5.82 Å². The van der Waals surface area contributed by atoms with Crippen molar-refractivity contribution in [3.8, 4) is 0 Å². The predicted molar refractivity (Wildman–Crippen MR) is 95.1 cm³/mol. The first-order valence-corrected chi connectivity index (χ1v) is 8.83. The maximum atomic E-state index is 5.86. The van der Waals surface area contributed by atoms with E-state index in [0.717, 1.165) is 55.8 Å². The molecule has 3 aromatic rings. The van der Waals surface area contributed by atoms with E-state index in [4.69, 9.17) is 5.73 Å². The van der Waals surface area contributed by atoms with Crippen molar-refractivity contribution in [2.45, 2.75) is 39.2 Å². The summed E-state index contributed by atoms with van der Waals surface area (Å²) >= 11 is 0. The summed E-state index contributed by atoms with van der Waals surface area (Å²) in [5.74, 6) is 1.64. The lowest BCUT2D eigenvalue weighted by Gasteiger charge is -2.33. The second-order valence-electron chi connectivity index (χ2n) is 6.67. The Labute approximate surface area is 145 Å². The van der Waals surface area contributed by atoms with E-state index >= 15 is 0 Å². The normalized spacial score (nSPS) is 18.1. The van der Waals surface area contributed by atoms with Crippen LogP contribution in [-0.2, 0) is 13.0 Å². The van der Waals surface area contributed by atoms with Crippen LogP contribution in [0.15, 0.2) is 12.4 Å². The Hall–Kier alpha value is -2.71. The van der Waals surface area contributed by atoms with Crippen LogP contribution >= 0.6 is 0 Å². The molecule has 0 saturated carbocycles. The van der Waals surface area contributed by atoms with E-state index < -0.39 is 0 Å². The van der Waals surface area contributed by atoms with E-state index in [9.17, 15) is 0 Å². The van der Waals surface area contributed by atoms with Crippen molar-refractivity contribution in [2.75, 3.05) is 23.7 Å². The number of aryl methyl sites for hydroxylation is 1. The van der Waals surface area contributed by atoms with Gasteiger partial charge in [-0.05, 0) is 25.2 Å². The van der Waals surface area contributed by atoms with E-state index in [1.54, 1.807) is 6.20 Å². The van der Waals surface area contributed by atoms with Crippen LogP contribution in [0.3, 0.4) is 0 Å². The number of aromatic nitrogens is 7. The molecule has 1 atom stereocenters. The summed E-state index contributed by atoms with van der Waals surface area (Å²) in [6.07, 6.45) is 8.20. The van der Waals surface area contributed by atoms with Gasteiger partial charge in [-0.15, -0.1) is 5.10 Å². The fourth-order valence-corrected chi connectivity index (χ4v) is 3.55. The summed E-state index contributed by atoms with van der Waals surface area (Å²) < 4.78 is 1.97. The van der Waals surface area contributed by atoms with Crippen LogP contribution in [0, 0.1) is 5.92 Å². The molecule has 0 radical (unpaired) electrons. The lowest BCUT2D eigenvalue weighted by atomic mass is 9.98. The summed E-state index contributed by atoms with van der Waals surface area (Å²) in [5, 5.41) is 16.4. The molecule has 0 spiro atoms. The molecule has 132 valence electrons. The van der Waals surface area contributed by atoms with Gasteiger partial charge >= 0.3 is 0 Å².